The molecule has 2 aliphatic heterocycles. The molecule has 1 aromatic carbocycles. The van der Waals surface area contributed by atoms with E-state index in [1.54, 1.807) is 0 Å². The van der Waals surface area contributed by atoms with E-state index in [1.165, 1.54) is 37.9 Å². The van der Waals surface area contributed by atoms with E-state index in [4.69, 9.17) is 4.99 Å². The minimum atomic E-state index is 0. The zero-order valence-corrected chi connectivity index (χ0v) is 16.2. The zero-order chi connectivity index (χ0) is 14.3. The topological polar surface area (TPSA) is 27.6 Å². The van der Waals surface area contributed by atoms with Gasteiger partial charge in [-0.25, -0.2) is 0 Å². The van der Waals surface area contributed by atoms with Crippen LogP contribution < -0.4 is 5.32 Å². The van der Waals surface area contributed by atoms with Gasteiger partial charge in [-0.15, -0.1) is 24.0 Å². The molecule has 0 aromatic heterocycles. The van der Waals surface area contributed by atoms with Crippen LogP contribution in [-0.2, 0) is 0 Å². The van der Waals surface area contributed by atoms with E-state index in [0.29, 0.717) is 0 Å². The second kappa shape index (κ2) is 9.65. The lowest BCUT2D eigenvalue weighted by molar-refractivity contribution is 0.340. The number of anilines is 1. The molecule has 3 rings (SSSR count). The average Bonchev–Trinajstić information content (AvgIpc) is 3.07. The van der Waals surface area contributed by atoms with Crippen molar-refractivity contribution in [1.29, 1.82) is 0 Å². The third-order valence-corrected chi connectivity index (χ3v) is 5.53. The Kier molecular flexibility index (Phi) is 7.86. The first kappa shape index (κ1) is 17.9. The molecule has 3 nitrogen and oxygen atoms in total. The number of benzene rings is 1. The largest absolute Gasteiger partial charge is 0.343 e. The van der Waals surface area contributed by atoms with Gasteiger partial charge in [-0.3, -0.25) is 4.99 Å². The van der Waals surface area contributed by atoms with Gasteiger partial charge in [0.1, 0.15) is 0 Å². The SMILES string of the molecule is I.c1ccc(NC(=NCC2CCCS2)N2CCCCC2)cc1. The van der Waals surface area contributed by atoms with E-state index in [9.17, 15) is 0 Å². The Bertz CT molecular complexity index is 454. The lowest BCUT2D eigenvalue weighted by Crippen LogP contribution is -2.40. The molecule has 1 N–H and O–H groups in total. The summed E-state index contributed by atoms with van der Waals surface area (Å²) < 4.78 is 0. The van der Waals surface area contributed by atoms with Crippen molar-refractivity contribution in [2.75, 3.05) is 30.7 Å². The number of piperidine rings is 1. The first-order chi connectivity index (χ1) is 10.4. The molecule has 122 valence electrons. The van der Waals surface area contributed by atoms with Crippen molar-refractivity contribution in [1.82, 2.24) is 4.90 Å². The minimum absolute atomic E-state index is 0. The van der Waals surface area contributed by atoms with Crippen LogP contribution in [0, 0.1) is 0 Å². The Balaban J connectivity index is 0.00000176. The molecule has 0 bridgehead atoms. The summed E-state index contributed by atoms with van der Waals surface area (Å²) in [6, 6.07) is 10.4. The molecule has 1 unspecified atom stereocenters. The smallest absolute Gasteiger partial charge is 0.198 e. The molecule has 2 aliphatic rings. The van der Waals surface area contributed by atoms with Crippen LogP contribution in [0.1, 0.15) is 32.1 Å². The number of nitrogens with zero attached hydrogens (tertiary/aromatic N) is 2. The van der Waals surface area contributed by atoms with Crippen molar-refractivity contribution >= 4 is 47.4 Å². The third-order valence-electron chi connectivity index (χ3n) is 4.15. The molecular formula is C17H26IN3S. The summed E-state index contributed by atoms with van der Waals surface area (Å²) in [7, 11) is 0. The number of rotatable bonds is 3. The van der Waals surface area contributed by atoms with Crippen LogP contribution in [0.3, 0.4) is 0 Å². The predicted octanol–water partition coefficient (Wildman–Crippen LogP) is 4.45. The number of nitrogens with one attached hydrogen (secondary N) is 1. The third kappa shape index (κ3) is 5.33. The standard InChI is InChI=1S/C17H25N3S.HI/c1-3-8-15(9-4-1)19-17(20-11-5-2-6-12-20)18-14-16-10-7-13-21-16;/h1,3-4,8-9,16H,2,5-7,10-14H2,(H,18,19);1H. The lowest BCUT2D eigenvalue weighted by Gasteiger charge is -2.30. The molecule has 1 atom stereocenters. The Hall–Kier alpha value is -0.430. The van der Waals surface area contributed by atoms with Gasteiger partial charge in [0.15, 0.2) is 5.96 Å². The maximum Gasteiger partial charge on any atom is 0.198 e. The number of hydrogen-bond donors (Lipinski definition) is 1. The number of thioether (sulfide) groups is 1. The maximum atomic E-state index is 4.94. The number of likely N-dealkylation sites (tertiary alicyclic amines) is 1. The molecule has 0 radical (unpaired) electrons. The Labute approximate surface area is 155 Å². The van der Waals surface area contributed by atoms with Gasteiger partial charge >= 0.3 is 0 Å². The van der Waals surface area contributed by atoms with Gasteiger partial charge in [-0.05, 0) is 50.0 Å². The van der Waals surface area contributed by atoms with Crippen LogP contribution in [0.4, 0.5) is 5.69 Å². The Morgan fingerprint density at radius 1 is 1.14 bits per heavy atom. The fourth-order valence-corrected chi connectivity index (χ4v) is 4.13. The van der Waals surface area contributed by atoms with Gasteiger partial charge in [0.25, 0.3) is 0 Å². The first-order valence-corrected chi connectivity index (χ1v) is 9.20. The van der Waals surface area contributed by atoms with Crippen molar-refractivity contribution in [2.24, 2.45) is 4.99 Å². The maximum absolute atomic E-state index is 4.94. The fourth-order valence-electron chi connectivity index (χ4n) is 2.95. The minimum Gasteiger partial charge on any atom is -0.343 e. The van der Waals surface area contributed by atoms with Gasteiger partial charge in [0, 0.05) is 24.0 Å². The summed E-state index contributed by atoms with van der Waals surface area (Å²) in [4.78, 5) is 7.36. The van der Waals surface area contributed by atoms with Crippen molar-refractivity contribution in [3.8, 4) is 0 Å². The normalized spacial score (nSPS) is 22.3. The number of hydrogen-bond acceptors (Lipinski definition) is 2. The summed E-state index contributed by atoms with van der Waals surface area (Å²) in [5.41, 5.74) is 1.14. The predicted molar refractivity (Wildman–Crippen MR) is 109 cm³/mol. The van der Waals surface area contributed by atoms with Crippen LogP contribution in [0.25, 0.3) is 0 Å². The van der Waals surface area contributed by atoms with Crippen LogP contribution >= 0.6 is 35.7 Å². The molecular weight excluding hydrogens is 405 g/mol. The monoisotopic (exact) mass is 431 g/mol. The number of guanidine groups is 1. The highest BCUT2D eigenvalue weighted by Crippen LogP contribution is 2.26. The van der Waals surface area contributed by atoms with E-state index in [1.807, 2.05) is 0 Å². The molecule has 0 saturated carbocycles. The van der Waals surface area contributed by atoms with Gasteiger partial charge in [-0.1, -0.05) is 18.2 Å². The summed E-state index contributed by atoms with van der Waals surface area (Å²) in [6.07, 6.45) is 6.61. The second-order valence-corrected chi connectivity index (χ2v) is 7.25. The van der Waals surface area contributed by atoms with Crippen molar-refractivity contribution in [3.63, 3.8) is 0 Å². The zero-order valence-electron chi connectivity index (χ0n) is 13.0. The first-order valence-electron chi connectivity index (χ1n) is 8.15. The van der Waals surface area contributed by atoms with E-state index in [2.05, 4.69) is 52.3 Å². The molecule has 2 heterocycles. The van der Waals surface area contributed by atoms with Gasteiger partial charge < -0.3 is 10.2 Å². The van der Waals surface area contributed by atoms with Crippen LogP contribution in [-0.4, -0.2) is 41.5 Å². The van der Waals surface area contributed by atoms with Crippen LogP contribution in [0.15, 0.2) is 35.3 Å². The van der Waals surface area contributed by atoms with Gasteiger partial charge in [0.05, 0.1) is 6.54 Å². The number of halogens is 1. The number of para-hydroxylation sites is 1. The summed E-state index contributed by atoms with van der Waals surface area (Å²) in [5, 5.41) is 4.26. The highest BCUT2D eigenvalue weighted by atomic mass is 127. The fraction of sp³-hybridized carbons (Fsp3) is 0.588. The molecule has 2 fully saturated rings. The molecule has 0 aliphatic carbocycles. The highest BCUT2D eigenvalue weighted by molar-refractivity contribution is 14.0. The van der Waals surface area contributed by atoms with Crippen molar-refractivity contribution < 1.29 is 0 Å². The molecule has 0 spiro atoms. The lowest BCUT2D eigenvalue weighted by atomic mass is 10.1. The molecule has 2 saturated heterocycles. The van der Waals surface area contributed by atoms with E-state index in [0.717, 1.165) is 36.5 Å². The summed E-state index contributed by atoms with van der Waals surface area (Å²) in [6.45, 7) is 3.23. The molecule has 5 heteroatoms. The van der Waals surface area contributed by atoms with Gasteiger partial charge in [-0.2, -0.15) is 11.8 Å². The van der Waals surface area contributed by atoms with Gasteiger partial charge in [0.2, 0.25) is 0 Å². The van der Waals surface area contributed by atoms with E-state index < -0.39 is 0 Å². The quantitative estimate of drug-likeness (QED) is 0.435. The van der Waals surface area contributed by atoms with Crippen LogP contribution in [0.2, 0.25) is 0 Å². The second-order valence-electron chi connectivity index (χ2n) is 5.84. The average molecular weight is 431 g/mol. The summed E-state index contributed by atoms with van der Waals surface area (Å²) >= 11 is 2.08. The molecule has 1 aromatic rings. The molecule has 22 heavy (non-hydrogen) atoms. The summed E-state index contributed by atoms with van der Waals surface area (Å²) in [5.74, 6) is 2.39. The van der Waals surface area contributed by atoms with Crippen LogP contribution in [0.5, 0.6) is 0 Å². The van der Waals surface area contributed by atoms with E-state index >= 15 is 0 Å². The van der Waals surface area contributed by atoms with Crippen molar-refractivity contribution in [2.45, 2.75) is 37.4 Å². The Morgan fingerprint density at radius 3 is 2.59 bits per heavy atom. The molecule has 0 amide bonds. The Morgan fingerprint density at radius 2 is 1.91 bits per heavy atom. The van der Waals surface area contributed by atoms with Crippen molar-refractivity contribution in [3.05, 3.63) is 30.3 Å². The highest BCUT2D eigenvalue weighted by Gasteiger charge is 2.18. The number of aliphatic imine (C=N–C) groups is 1. The van der Waals surface area contributed by atoms with E-state index in [-0.39, 0.29) is 24.0 Å².